The molecule has 19 heavy (non-hydrogen) atoms. The Labute approximate surface area is 110 Å². The first-order valence-electron chi connectivity index (χ1n) is 5.99. The first-order valence-corrected chi connectivity index (χ1v) is 5.99. The predicted octanol–water partition coefficient (Wildman–Crippen LogP) is 2.68. The lowest BCUT2D eigenvalue weighted by Gasteiger charge is -2.18. The smallest absolute Gasteiger partial charge is 0.239 e. The zero-order valence-corrected chi connectivity index (χ0v) is 11.1. The van der Waals surface area contributed by atoms with Gasteiger partial charge in [-0.25, -0.2) is 13.2 Å². The predicted molar refractivity (Wildman–Crippen MR) is 67.2 cm³/mol. The Kier molecular flexibility index (Phi) is 5.20. The lowest BCUT2D eigenvalue weighted by Crippen LogP contribution is -2.39. The molecule has 1 aromatic rings. The van der Waals surface area contributed by atoms with Gasteiger partial charge in [-0.3, -0.25) is 4.79 Å². The molecule has 2 N–H and O–H groups in total. The van der Waals surface area contributed by atoms with Gasteiger partial charge in [0.1, 0.15) is 11.5 Å². The molecule has 0 spiro atoms. The minimum absolute atomic E-state index is 0.0442. The molecule has 0 bridgehead atoms. The number of hydrogen-bond donors (Lipinski definition) is 2. The van der Waals surface area contributed by atoms with Gasteiger partial charge >= 0.3 is 0 Å². The minimum Gasteiger partial charge on any atom is -0.371 e. The van der Waals surface area contributed by atoms with Gasteiger partial charge in [-0.2, -0.15) is 0 Å². The summed E-state index contributed by atoms with van der Waals surface area (Å²) in [6.45, 7) is 5.44. The molecule has 1 unspecified atom stereocenters. The molecular formula is C13H17F3N2O. The van der Waals surface area contributed by atoms with Gasteiger partial charge in [-0.1, -0.05) is 13.8 Å². The molecule has 0 saturated carbocycles. The largest absolute Gasteiger partial charge is 0.371 e. The van der Waals surface area contributed by atoms with Crippen molar-refractivity contribution in [3.63, 3.8) is 0 Å². The van der Waals surface area contributed by atoms with E-state index in [4.69, 9.17) is 0 Å². The summed E-state index contributed by atoms with van der Waals surface area (Å²) in [4.78, 5) is 11.5. The van der Waals surface area contributed by atoms with E-state index in [-0.39, 0.29) is 24.4 Å². The molecule has 0 heterocycles. The van der Waals surface area contributed by atoms with Crippen LogP contribution >= 0.6 is 0 Å². The summed E-state index contributed by atoms with van der Waals surface area (Å²) in [7, 11) is 0. The number of benzene rings is 1. The zero-order chi connectivity index (χ0) is 14.6. The molecule has 1 amide bonds. The van der Waals surface area contributed by atoms with Crippen LogP contribution in [0.1, 0.15) is 20.8 Å². The van der Waals surface area contributed by atoms with Crippen molar-refractivity contribution >= 4 is 11.6 Å². The molecule has 0 aliphatic carbocycles. The number of nitrogens with one attached hydrogen (secondary N) is 2. The highest BCUT2D eigenvalue weighted by atomic mass is 19.1. The van der Waals surface area contributed by atoms with Gasteiger partial charge in [0.15, 0.2) is 11.6 Å². The van der Waals surface area contributed by atoms with Crippen LogP contribution in [0.5, 0.6) is 0 Å². The van der Waals surface area contributed by atoms with Crippen molar-refractivity contribution in [1.82, 2.24) is 5.32 Å². The molecule has 0 saturated heterocycles. The lowest BCUT2D eigenvalue weighted by molar-refractivity contribution is -0.120. The number of amides is 1. The molecule has 1 aromatic carbocycles. The molecule has 0 aliphatic heterocycles. The van der Waals surface area contributed by atoms with Crippen molar-refractivity contribution in [2.45, 2.75) is 26.8 Å². The molecule has 1 atom stereocenters. The van der Waals surface area contributed by atoms with Crippen molar-refractivity contribution in [3.05, 3.63) is 29.6 Å². The second-order valence-corrected chi connectivity index (χ2v) is 4.70. The molecule has 106 valence electrons. The van der Waals surface area contributed by atoms with E-state index in [0.29, 0.717) is 12.1 Å². The van der Waals surface area contributed by atoms with Crippen molar-refractivity contribution < 1.29 is 18.0 Å². The average Bonchev–Trinajstić information content (AvgIpc) is 2.27. The van der Waals surface area contributed by atoms with Gasteiger partial charge in [-0.05, 0) is 12.8 Å². The normalized spacial score (nSPS) is 12.4. The van der Waals surface area contributed by atoms with Crippen molar-refractivity contribution in [3.8, 4) is 0 Å². The van der Waals surface area contributed by atoms with Gasteiger partial charge in [0.05, 0.1) is 6.54 Å². The van der Waals surface area contributed by atoms with Gasteiger partial charge in [0.25, 0.3) is 0 Å². The zero-order valence-electron chi connectivity index (χ0n) is 11.1. The van der Waals surface area contributed by atoms with Crippen LogP contribution in [0.3, 0.4) is 0 Å². The quantitative estimate of drug-likeness (QED) is 0.866. The van der Waals surface area contributed by atoms with Crippen LogP contribution in [0.25, 0.3) is 0 Å². The lowest BCUT2D eigenvalue weighted by atomic mass is 10.1. The Morgan fingerprint density at radius 2 is 1.68 bits per heavy atom. The number of hydrogen-bond acceptors (Lipinski definition) is 2. The molecule has 6 heteroatoms. The van der Waals surface area contributed by atoms with Crippen LogP contribution in [0.15, 0.2) is 12.1 Å². The molecule has 1 rings (SSSR count). The van der Waals surface area contributed by atoms with Gasteiger partial charge in [0, 0.05) is 18.2 Å². The van der Waals surface area contributed by atoms with E-state index in [2.05, 4.69) is 10.6 Å². The number of anilines is 1. The first kappa shape index (κ1) is 15.3. The molecule has 3 nitrogen and oxygen atoms in total. The maximum absolute atomic E-state index is 13.3. The van der Waals surface area contributed by atoms with Crippen molar-refractivity contribution in [2.24, 2.45) is 5.92 Å². The molecule has 0 radical (unpaired) electrons. The molecule has 0 aromatic heterocycles. The fourth-order valence-corrected chi connectivity index (χ4v) is 1.35. The number of halogens is 3. The topological polar surface area (TPSA) is 41.1 Å². The highest BCUT2D eigenvalue weighted by molar-refractivity contribution is 5.81. The summed E-state index contributed by atoms with van der Waals surface area (Å²) >= 11 is 0. The summed E-state index contributed by atoms with van der Waals surface area (Å²) in [6, 6.07) is 1.07. The van der Waals surface area contributed by atoms with E-state index in [1.54, 1.807) is 0 Å². The van der Waals surface area contributed by atoms with E-state index in [1.165, 1.54) is 0 Å². The number of carbonyl (C=O) groups excluding carboxylic acids is 1. The minimum atomic E-state index is -1.07. The number of carbonyl (C=O) groups is 1. The number of rotatable bonds is 5. The van der Waals surface area contributed by atoms with E-state index >= 15 is 0 Å². The first-order chi connectivity index (χ1) is 8.81. The Hall–Kier alpha value is -1.72. The van der Waals surface area contributed by atoms with Crippen LogP contribution in [0.4, 0.5) is 18.9 Å². The fraction of sp³-hybridized carbons (Fsp3) is 0.462. The fourth-order valence-electron chi connectivity index (χ4n) is 1.35. The molecule has 0 aliphatic rings. The van der Waals surface area contributed by atoms with E-state index in [1.807, 2.05) is 20.8 Å². The van der Waals surface area contributed by atoms with Gasteiger partial charge < -0.3 is 10.6 Å². The summed E-state index contributed by atoms with van der Waals surface area (Å²) in [5, 5.41) is 5.00. The van der Waals surface area contributed by atoms with Gasteiger partial charge in [-0.15, -0.1) is 0 Å². The average molecular weight is 274 g/mol. The summed E-state index contributed by atoms with van der Waals surface area (Å²) in [5.74, 6) is -3.27. The maximum Gasteiger partial charge on any atom is 0.239 e. The molecule has 0 fully saturated rings. The van der Waals surface area contributed by atoms with Crippen molar-refractivity contribution in [2.75, 3.05) is 11.9 Å². The highest BCUT2D eigenvalue weighted by Crippen LogP contribution is 2.19. The summed E-state index contributed by atoms with van der Waals surface area (Å²) < 4.78 is 39.2. The third-order valence-electron chi connectivity index (χ3n) is 2.82. The summed E-state index contributed by atoms with van der Waals surface area (Å²) in [6.07, 6.45) is 0. The second-order valence-electron chi connectivity index (χ2n) is 4.70. The van der Waals surface area contributed by atoms with E-state index < -0.39 is 23.1 Å². The Bertz CT molecular complexity index is 440. The molecular weight excluding hydrogens is 257 g/mol. The van der Waals surface area contributed by atoms with Crippen LogP contribution in [-0.2, 0) is 4.79 Å². The Balaban J connectivity index is 2.60. The Morgan fingerprint density at radius 3 is 2.16 bits per heavy atom. The SMILES string of the molecule is CC(C)C(C)NC(=O)CNc1c(F)cc(F)cc1F. The maximum atomic E-state index is 13.3. The van der Waals surface area contributed by atoms with Crippen LogP contribution in [0.2, 0.25) is 0 Å². The van der Waals surface area contributed by atoms with Crippen LogP contribution < -0.4 is 10.6 Å². The second kappa shape index (κ2) is 6.45. The monoisotopic (exact) mass is 274 g/mol. The Morgan fingerprint density at radius 1 is 1.16 bits per heavy atom. The third kappa shape index (κ3) is 4.46. The van der Waals surface area contributed by atoms with Crippen LogP contribution in [0, 0.1) is 23.4 Å². The standard InChI is InChI=1S/C13H17F3N2O/c1-7(2)8(3)18-12(19)6-17-13-10(15)4-9(14)5-11(13)16/h4-5,7-8,17H,6H2,1-3H3,(H,18,19). The summed E-state index contributed by atoms with van der Waals surface area (Å²) in [5.41, 5.74) is -0.506. The van der Waals surface area contributed by atoms with Crippen molar-refractivity contribution in [1.29, 1.82) is 0 Å². The van der Waals surface area contributed by atoms with Crippen LogP contribution in [-0.4, -0.2) is 18.5 Å². The van der Waals surface area contributed by atoms with E-state index in [9.17, 15) is 18.0 Å². The van der Waals surface area contributed by atoms with E-state index in [0.717, 1.165) is 0 Å². The third-order valence-corrected chi connectivity index (χ3v) is 2.82. The van der Waals surface area contributed by atoms with Gasteiger partial charge in [0.2, 0.25) is 5.91 Å². The highest BCUT2D eigenvalue weighted by Gasteiger charge is 2.14.